The van der Waals surface area contributed by atoms with Gasteiger partial charge in [-0.3, -0.25) is 4.79 Å². The summed E-state index contributed by atoms with van der Waals surface area (Å²) in [6, 6.07) is -0.0780. The number of esters is 1. The second-order valence-corrected chi connectivity index (χ2v) is 6.61. The molecule has 6 nitrogen and oxygen atoms in total. The fourth-order valence-corrected chi connectivity index (χ4v) is 3.79. The fraction of sp³-hybridized carbons (Fsp3) is 0.917. The second kappa shape index (κ2) is 7.81. The van der Waals surface area contributed by atoms with Crippen LogP contribution in [0.2, 0.25) is 0 Å². The van der Waals surface area contributed by atoms with Gasteiger partial charge in [-0.15, -0.1) is 0 Å². The highest BCUT2D eigenvalue weighted by Gasteiger charge is 2.33. The van der Waals surface area contributed by atoms with Crippen molar-refractivity contribution in [3.05, 3.63) is 0 Å². The second-order valence-electron chi connectivity index (χ2n) is 4.57. The van der Waals surface area contributed by atoms with Crippen LogP contribution in [0.15, 0.2) is 0 Å². The molecule has 0 aromatic heterocycles. The molecule has 0 amide bonds. The molecule has 1 aliphatic rings. The predicted octanol–water partition coefficient (Wildman–Crippen LogP) is 0.770. The molecule has 7 heteroatoms. The lowest BCUT2D eigenvalue weighted by atomic mass is 10.2. The zero-order valence-electron chi connectivity index (χ0n) is 11.6. The predicted molar refractivity (Wildman–Crippen MR) is 71.3 cm³/mol. The standard InChI is InChI=1S/C12H23NO5S/c1-3-18-8-9-19(15,16)13(10-12(14)17-2)11-6-4-5-7-11/h11H,3-10H2,1-2H3. The number of hydrogen-bond acceptors (Lipinski definition) is 5. The van der Waals surface area contributed by atoms with Crippen molar-refractivity contribution in [1.29, 1.82) is 0 Å². The van der Waals surface area contributed by atoms with Gasteiger partial charge in [-0.1, -0.05) is 12.8 Å². The normalized spacial score (nSPS) is 17.0. The van der Waals surface area contributed by atoms with Crippen LogP contribution in [-0.2, 0) is 24.3 Å². The number of nitrogens with zero attached hydrogens (tertiary/aromatic N) is 1. The number of methoxy groups -OCH3 is 1. The van der Waals surface area contributed by atoms with Crippen LogP contribution >= 0.6 is 0 Å². The summed E-state index contributed by atoms with van der Waals surface area (Å²) in [6.45, 7) is 2.25. The van der Waals surface area contributed by atoms with E-state index in [1.165, 1.54) is 11.4 Å². The van der Waals surface area contributed by atoms with Crippen LogP contribution in [-0.4, -0.2) is 57.4 Å². The van der Waals surface area contributed by atoms with Crippen molar-refractivity contribution in [2.75, 3.05) is 32.6 Å². The molecule has 0 unspecified atom stereocenters. The lowest BCUT2D eigenvalue weighted by molar-refractivity contribution is -0.141. The molecule has 1 aliphatic carbocycles. The molecule has 112 valence electrons. The molecular formula is C12H23NO5S. The Labute approximate surface area is 115 Å². The van der Waals surface area contributed by atoms with Crippen LogP contribution in [0.3, 0.4) is 0 Å². The summed E-state index contributed by atoms with van der Waals surface area (Å²) in [5, 5.41) is 0. The van der Waals surface area contributed by atoms with Crippen LogP contribution in [0, 0.1) is 0 Å². The van der Waals surface area contributed by atoms with Crippen LogP contribution in [0.5, 0.6) is 0 Å². The molecule has 1 fully saturated rings. The molecular weight excluding hydrogens is 270 g/mol. The van der Waals surface area contributed by atoms with Gasteiger partial charge in [0.15, 0.2) is 0 Å². The van der Waals surface area contributed by atoms with Gasteiger partial charge in [-0.2, -0.15) is 4.31 Å². The molecule has 0 radical (unpaired) electrons. The highest BCUT2D eigenvalue weighted by molar-refractivity contribution is 7.89. The van der Waals surface area contributed by atoms with E-state index in [2.05, 4.69) is 4.74 Å². The van der Waals surface area contributed by atoms with E-state index in [0.29, 0.717) is 6.61 Å². The Bertz CT molecular complexity index is 376. The minimum atomic E-state index is -3.48. The average Bonchev–Trinajstić information content (AvgIpc) is 2.89. The Hall–Kier alpha value is -0.660. The molecule has 0 aromatic carbocycles. The van der Waals surface area contributed by atoms with Gasteiger partial charge in [0.05, 0.1) is 19.5 Å². The average molecular weight is 293 g/mol. The van der Waals surface area contributed by atoms with Crippen LogP contribution in [0.4, 0.5) is 0 Å². The number of ether oxygens (including phenoxy) is 2. The van der Waals surface area contributed by atoms with Crippen molar-refractivity contribution in [1.82, 2.24) is 4.31 Å². The van der Waals surface area contributed by atoms with E-state index in [1.54, 1.807) is 0 Å². The first-order valence-electron chi connectivity index (χ1n) is 6.65. The van der Waals surface area contributed by atoms with Crippen molar-refractivity contribution in [3.63, 3.8) is 0 Å². The smallest absolute Gasteiger partial charge is 0.321 e. The van der Waals surface area contributed by atoms with Crippen molar-refractivity contribution >= 4 is 16.0 Å². The summed E-state index contributed by atoms with van der Waals surface area (Å²) < 4.78 is 35.5. The first kappa shape index (κ1) is 16.4. The Kier molecular flexibility index (Phi) is 6.74. The minimum Gasteiger partial charge on any atom is -0.468 e. The van der Waals surface area contributed by atoms with Crippen molar-refractivity contribution in [3.8, 4) is 0 Å². The number of carbonyl (C=O) groups is 1. The number of hydrogen-bond donors (Lipinski definition) is 0. The maximum Gasteiger partial charge on any atom is 0.321 e. The zero-order valence-corrected chi connectivity index (χ0v) is 12.4. The highest BCUT2D eigenvalue weighted by Crippen LogP contribution is 2.25. The van der Waals surface area contributed by atoms with Crippen LogP contribution in [0.25, 0.3) is 0 Å². The summed E-state index contributed by atoms with van der Waals surface area (Å²) in [6.07, 6.45) is 3.63. The van der Waals surface area contributed by atoms with Gasteiger partial charge in [0.2, 0.25) is 10.0 Å². The molecule has 19 heavy (non-hydrogen) atoms. The van der Waals surface area contributed by atoms with Crippen molar-refractivity contribution in [2.45, 2.75) is 38.6 Å². The SMILES string of the molecule is CCOCCS(=O)(=O)N(CC(=O)OC)C1CCCC1. The zero-order chi connectivity index (χ0) is 14.3. The Balaban J connectivity index is 2.72. The highest BCUT2D eigenvalue weighted by atomic mass is 32.2. The van der Waals surface area contributed by atoms with E-state index in [9.17, 15) is 13.2 Å². The molecule has 0 aromatic rings. The number of sulfonamides is 1. The summed E-state index contributed by atoms with van der Waals surface area (Å²) in [5.41, 5.74) is 0. The van der Waals surface area contributed by atoms with Gasteiger partial charge in [-0.05, 0) is 19.8 Å². The van der Waals surface area contributed by atoms with Crippen molar-refractivity contribution in [2.24, 2.45) is 0 Å². The van der Waals surface area contributed by atoms with E-state index < -0.39 is 16.0 Å². The Morgan fingerprint density at radius 1 is 1.32 bits per heavy atom. The van der Waals surface area contributed by atoms with E-state index in [0.717, 1.165) is 25.7 Å². The van der Waals surface area contributed by atoms with E-state index in [-0.39, 0.29) is 24.9 Å². The molecule has 0 atom stereocenters. The summed E-state index contributed by atoms with van der Waals surface area (Å²) >= 11 is 0. The first-order valence-corrected chi connectivity index (χ1v) is 8.26. The first-order chi connectivity index (χ1) is 9.01. The summed E-state index contributed by atoms with van der Waals surface area (Å²) in [7, 11) is -2.21. The third-order valence-corrected chi connectivity index (χ3v) is 5.12. The lowest BCUT2D eigenvalue weighted by Gasteiger charge is -2.26. The molecule has 0 spiro atoms. The number of rotatable bonds is 8. The molecule has 1 rings (SSSR count). The van der Waals surface area contributed by atoms with Gasteiger partial charge in [0.25, 0.3) is 0 Å². The third-order valence-electron chi connectivity index (χ3n) is 3.29. The minimum absolute atomic E-state index is 0.0780. The largest absolute Gasteiger partial charge is 0.468 e. The van der Waals surface area contributed by atoms with Gasteiger partial charge >= 0.3 is 5.97 Å². The monoisotopic (exact) mass is 293 g/mol. The van der Waals surface area contributed by atoms with Crippen LogP contribution < -0.4 is 0 Å². The van der Waals surface area contributed by atoms with Gasteiger partial charge < -0.3 is 9.47 Å². The van der Waals surface area contributed by atoms with Gasteiger partial charge in [0.1, 0.15) is 6.54 Å². The van der Waals surface area contributed by atoms with E-state index in [4.69, 9.17) is 4.74 Å². The molecule has 0 aliphatic heterocycles. The topological polar surface area (TPSA) is 72.9 Å². The van der Waals surface area contributed by atoms with Crippen molar-refractivity contribution < 1.29 is 22.7 Å². The molecule has 0 heterocycles. The maximum absolute atomic E-state index is 12.3. The lowest BCUT2D eigenvalue weighted by Crippen LogP contribution is -2.44. The fourth-order valence-electron chi connectivity index (χ4n) is 2.26. The van der Waals surface area contributed by atoms with E-state index >= 15 is 0 Å². The van der Waals surface area contributed by atoms with Crippen LogP contribution in [0.1, 0.15) is 32.6 Å². The van der Waals surface area contributed by atoms with E-state index in [1.807, 2.05) is 6.92 Å². The summed E-state index contributed by atoms with van der Waals surface area (Å²) in [5.74, 6) is -0.610. The van der Waals surface area contributed by atoms with Gasteiger partial charge in [0, 0.05) is 12.6 Å². The quantitative estimate of drug-likeness (QED) is 0.488. The third kappa shape index (κ3) is 5.08. The molecule has 1 saturated carbocycles. The summed E-state index contributed by atoms with van der Waals surface area (Å²) in [4.78, 5) is 11.4. The Morgan fingerprint density at radius 2 is 1.95 bits per heavy atom. The molecule has 0 bridgehead atoms. The maximum atomic E-state index is 12.3. The number of carbonyl (C=O) groups excluding carboxylic acids is 1. The molecule has 0 saturated heterocycles. The molecule has 0 N–H and O–H groups in total. The Morgan fingerprint density at radius 3 is 2.47 bits per heavy atom. The van der Waals surface area contributed by atoms with Gasteiger partial charge in [-0.25, -0.2) is 8.42 Å².